The van der Waals surface area contributed by atoms with Crippen LogP contribution in [0.3, 0.4) is 0 Å². The SMILES string of the molecule is c1ccc(-c2cccc(-c3cc(-c4ccc(-c5cc6ccccc6o5)cc4)nc(-c4ccc(-n5c6ccccc6c6ccccc65)cc4)n3)c2)cc1.c1ccc(-c2cccc(-c3cc(-c4ccc(-c5cc6ccccc6o5)cc4)nc(-c4ccccc4-c4ccccc4)n3)c2)cc1.c1ccc(-c2ccccc2-c2cc(-c3ccc(-c4cc5ccccc5o4)cc3)nc(-c3ccc4oc5cc6ccccc6cc5c4c3)n2)cc1. The molecule has 0 bridgehead atoms. The summed E-state index contributed by atoms with van der Waals surface area (Å²) in [5, 5.41) is 10.2. The molecule has 0 aliphatic carbocycles. The van der Waals surface area contributed by atoms with Gasteiger partial charge in [-0.25, -0.2) is 29.9 Å². The van der Waals surface area contributed by atoms with Crippen molar-refractivity contribution in [3.05, 3.63) is 528 Å². The van der Waals surface area contributed by atoms with Gasteiger partial charge in [0.2, 0.25) is 0 Å². The van der Waals surface area contributed by atoms with Crippen molar-refractivity contribution in [2.75, 3.05) is 0 Å². The van der Waals surface area contributed by atoms with Crippen LogP contribution in [-0.2, 0) is 0 Å². The Morgan fingerprint density at radius 2 is 0.463 bits per heavy atom. The second-order valence-corrected chi connectivity index (χ2v) is 36.7. The zero-order chi connectivity index (χ0) is 97.5. The maximum absolute atomic E-state index is 6.32. The van der Waals surface area contributed by atoms with E-state index in [1.54, 1.807) is 0 Å². The van der Waals surface area contributed by atoms with Gasteiger partial charge in [-0.1, -0.05) is 394 Å². The summed E-state index contributed by atoms with van der Waals surface area (Å²) in [5.41, 5.74) is 34.1. The summed E-state index contributed by atoms with van der Waals surface area (Å²) < 4.78 is 27.1. The van der Waals surface area contributed by atoms with Gasteiger partial charge in [0, 0.05) is 110 Å². The van der Waals surface area contributed by atoms with Crippen molar-refractivity contribution >= 4 is 87.4 Å². The predicted octanol–water partition coefficient (Wildman–Crippen LogP) is 36.5. The molecule has 28 aromatic rings. The molecule has 20 aromatic carbocycles. The van der Waals surface area contributed by atoms with Crippen molar-refractivity contribution in [1.82, 2.24) is 34.5 Å². The van der Waals surface area contributed by atoms with Crippen LogP contribution in [0, 0.1) is 0 Å². The molecule has 8 heterocycles. The summed E-state index contributed by atoms with van der Waals surface area (Å²) in [6, 6.07) is 183. The predicted molar refractivity (Wildman–Crippen MR) is 602 cm³/mol. The molecule has 0 spiro atoms. The van der Waals surface area contributed by atoms with E-state index < -0.39 is 0 Å². The molecule has 0 saturated heterocycles. The van der Waals surface area contributed by atoms with E-state index in [9.17, 15) is 0 Å². The quantitative estimate of drug-likeness (QED) is 0.0867. The Morgan fingerprint density at radius 1 is 0.143 bits per heavy atom. The summed E-state index contributed by atoms with van der Waals surface area (Å²) in [6.45, 7) is 0. The van der Waals surface area contributed by atoms with Gasteiger partial charge in [-0.3, -0.25) is 0 Å². The van der Waals surface area contributed by atoms with Gasteiger partial charge < -0.3 is 22.2 Å². The highest BCUT2D eigenvalue weighted by Crippen LogP contribution is 2.44. The third-order valence-corrected chi connectivity index (χ3v) is 27.5. The highest BCUT2D eigenvalue weighted by Gasteiger charge is 2.23. The highest BCUT2D eigenvalue weighted by atomic mass is 16.3. The van der Waals surface area contributed by atoms with Crippen molar-refractivity contribution < 1.29 is 17.7 Å². The maximum atomic E-state index is 6.32. The lowest BCUT2D eigenvalue weighted by Crippen LogP contribution is -1.97. The van der Waals surface area contributed by atoms with Crippen molar-refractivity contribution in [1.29, 1.82) is 0 Å². The zero-order valence-corrected chi connectivity index (χ0v) is 79.5. The van der Waals surface area contributed by atoms with Crippen molar-refractivity contribution in [2.24, 2.45) is 0 Å². The fourth-order valence-corrected chi connectivity index (χ4v) is 20.0. The Kier molecular flexibility index (Phi) is 22.8. The number of hydrogen-bond donors (Lipinski definition) is 0. The van der Waals surface area contributed by atoms with Gasteiger partial charge in [0.15, 0.2) is 17.5 Å². The van der Waals surface area contributed by atoms with Gasteiger partial charge in [0.05, 0.1) is 45.2 Å². The van der Waals surface area contributed by atoms with Crippen LogP contribution in [0.1, 0.15) is 0 Å². The first-order valence-corrected chi connectivity index (χ1v) is 49.3. The monoisotopic (exact) mass is 1880 g/mol. The molecule has 0 aliphatic rings. The molecule has 0 N–H and O–H groups in total. The second-order valence-electron chi connectivity index (χ2n) is 36.7. The minimum atomic E-state index is 0.652. The molecule has 147 heavy (non-hydrogen) atoms. The normalized spacial score (nSPS) is 11.4. The lowest BCUT2D eigenvalue weighted by molar-refractivity contribution is 0.631. The van der Waals surface area contributed by atoms with Crippen LogP contribution in [-0.4, -0.2) is 34.5 Å². The Morgan fingerprint density at radius 3 is 0.925 bits per heavy atom. The Hall–Kier alpha value is -19.9. The van der Waals surface area contributed by atoms with Gasteiger partial charge in [-0.05, 0) is 189 Å². The van der Waals surface area contributed by atoms with Crippen LogP contribution in [0.25, 0.3) is 273 Å². The number of para-hydroxylation sites is 5. The smallest absolute Gasteiger partial charge is 0.161 e. The zero-order valence-electron chi connectivity index (χ0n) is 79.5. The van der Waals surface area contributed by atoms with E-state index in [-0.39, 0.29) is 0 Å². The number of fused-ring (bicyclic) bond motifs is 10. The molecular formula is C136H87N7O4. The maximum Gasteiger partial charge on any atom is 0.161 e. The molecule has 11 nitrogen and oxygen atoms in total. The van der Waals surface area contributed by atoms with Gasteiger partial charge >= 0.3 is 0 Å². The average Bonchev–Trinajstić information content (AvgIpc) is 1.59. The van der Waals surface area contributed by atoms with Gasteiger partial charge in [0.1, 0.15) is 45.2 Å². The molecule has 0 atom stereocenters. The van der Waals surface area contributed by atoms with Crippen LogP contribution >= 0.6 is 0 Å². The first kappa shape index (κ1) is 87.4. The van der Waals surface area contributed by atoms with E-state index in [0.717, 1.165) is 218 Å². The lowest BCUT2D eigenvalue weighted by Gasteiger charge is -2.13. The van der Waals surface area contributed by atoms with Gasteiger partial charge in [-0.2, -0.15) is 0 Å². The van der Waals surface area contributed by atoms with E-state index in [2.05, 4.69) is 447 Å². The summed E-state index contributed by atoms with van der Waals surface area (Å²) in [4.78, 5) is 31.1. The number of furan rings is 4. The molecule has 690 valence electrons. The number of nitrogens with zero attached hydrogens (tertiary/aromatic N) is 7. The first-order chi connectivity index (χ1) is 72.8. The Labute approximate surface area is 847 Å². The molecule has 0 fully saturated rings. The largest absolute Gasteiger partial charge is 0.456 e. The van der Waals surface area contributed by atoms with E-state index in [1.807, 2.05) is 84.9 Å². The third kappa shape index (κ3) is 17.5. The minimum Gasteiger partial charge on any atom is -0.456 e. The molecule has 0 radical (unpaired) electrons. The van der Waals surface area contributed by atoms with Crippen molar-refractivity contribution in [3.63, 3.8) is 0 Å². The first-order valence-electron chi connectivity index (χ1n) is 49.3. The molecule has 0 aliphatic heterocycles. The molecule has 0 saturated carbocycles. The lowest BCUT2D eigenvalue weighted by atomic mass is 9.96. The Balaban J connectivity index is 0.000000112. The summed E-state index contributed by atoms with van der Waals surface area (Å²) in [7, 11) is 0. The summed E-state index contributed by atoms with van der Waals surface area (Å²) in [5.74, 6) is 4.55. The third-order valence-electron chi connectivity index (χ3n) is 27.5. The number of rotatable bonds is 17. The summed E-state index contributed by atoms with van der Waals surface area (Å²) >= 11 is 0. The van der Waals surface area contributed by atoms with Crippen LogP contribution in [0.2, 0.25) is 0 Å². The van der Waals surface area contributed by atoms with Gasteiger partial charge in [0.25, 0.3) is 0 Å². The van der Waals surface area contributed by atoms with Gasteiger partial charge in [-0.15, -0.1) is 0 Å². The average molecular weight is 1880 g/mol. The number of benzene rings is 20. The van der Waals surface area contributed by atoms with E-state index in [1.165, 1.54) is 38.3 Å². The minimum absolute atomic E-state index is 0.652. The Bertz CT molecular complexity index is 9630. The molecule has 0 unspecified atom stereocenters. The van der Waals surface area contributed by atoms with Crippen LogP contribution < -0.4 is 0 Å². The standard InChI is InChI=1S/C48H31N3O.C46H28N2O2.C42H28N2O/c1-2-11-32(12-3-1)36-14-10-15-37(29-36)43-31-42(33-21-23-34(24-22-33)47-30-38-13-4-9-20-46(38)52-47)49-48(50-43)35-25-27-39(28-26-35)51-44-18-7-5-16-40(44)41-17-6-8-19-45(41)51;1-2-10-29(11-3-1)36-15-7-8-16-37(36)41-28-40(30-18-20-31(21-19-30)44-27-34-14-6-9-17-42(34)49-44)47-46(48-41)35-22-23-43-38(25-35)39-24-32-12-4-5-13-33(32)26-45(39)50-43;1-3-12-29(13-4-1)33-17-11-18-34(26-33)39-28-38(31-22-24-32(25-23-31)41-27-35-16-7-10-21-40(35)45-41)43-42(44-39)37-20-9-8-19-36(37)30-14-5-2-6-15-30/h1-31H;1-28H;1-28H. The number of hydrogen-bond acceptors (Lipinski definition) is 10. The van der Waals surface area contributed by atoms with E-state index in [4.69, 9.17) is 47.6 Å². The molecular weight excluding hydrogens is 1800 g/mol. The van der Waals surface area contributed by atoms with E-state index in [0.29, 0.717) is 17.5 Å². The number of aromatic nitrogens is 7. The van der Waals surface area contributed by atoms with E-state index >= 15 is 0 Å². The molecule has 11 heteroatoms. The fraction of sp³-hybridized carbons (Fsp3) is 0. The van der Waals surface area contributed by atoms with Crippen LogP contribution in [0.4, 0.5) is 0 Å². The fourth-order valence-electron chi connectivity index (χ4n) is 20.0. The highest BCUT2D eigenvalue weighted by molar-refractivity contribution is 6.12. The molecule has 28 rings (SSSR count). The second kappa shape index (κ2) is 38.3. The van der Waals surface area contributed by atoms with Crippen molar-refractivity contribution in [3.8, 4) is 186 Å². The van der Waals surface area contributed by atoms with Crippen LogP contribution in [0.15, 0.2) is 545 Å². The summed E-state index contributed by atoms with van der Waals surface area (Å²) in [6.07, 6.45) is 0. The molecule has 8 aromatic heterocycles. The molecule has 0 amide bonds. The topological polar surface area (TPSA) is 135 Å². The van der Waals surface area contributed by atoms with Crippen LogP contribution in [0.5, 0.6) is 0 Å². The van der Waals surface area contributed by atoms with Crippen molar-refractivity contribution in [2.45, 2.75) is 0 Å².